The molecule has 3 rings (SSSR count). The summed E-state index contributed by atoms with van der Waals surface area (Å²) in [6, 6.07) is 13.4. The van der Waals surface area contributed by atoms with Gasteiger partial charge in [-0.1, -0.05) is 49.4 Å². The second kappa shape index (κ2) is 6.67. The molecule has 0 aliphatic heterocycles. The number of hydrogen-bond acceptors (Lipinski definition) is 2. The highest BCUT2D eigenvalue weighted by Crippen LogP contribution is 2.37. The highest BCUT2D eigenvalue weighted by Gasteiger charge is 2.35. The van der Waals surface area contributed by atoms with Gasteiger partial charge in [0.15, 0.2) is 0 Å². The Balaban J connectivity index is 2.39. The fraction of sp³-hybridized carbons (Fsp3) is 0.158. The molecule has 4 nitrogen and oxygen atoms in total. The van der Waals surface area contributed by atoms with Crippen LogP contribution in [0.15, 0.2) is 54.6 Å². The zero-order valence-corrected chi connectivity index (χ0v) is 13.8. The Morgan fingerprint density at radius 1 is 1.08 bits per heavy atom. The van der Waals surface area contributed by atoms with Crippen molar-refractivity contribution in [1.29, 1.82) is 0 Å². The molecule has 0 bridgehead atoms. The molecule has 0 unspecified atom stereocenters. The highest BCUT2D eigenvalue weighted by atomic mass is 19.4. The molecule has 3 aromatic rings. The first-order chi connectivity index (χ1) is 12.3. The van der Waals surface area contributed by atoms with Crippen molar-refractivity contribution >= 4 is 5.97 Å². The Labute approximate surface area is 147 Å². The maximum absolute atomic E-state index is 13.5. The first kappa shape index (κ1) is 17.7. The molecule has 134 valence electrons. The number of aromatic nitrogens is 2. The van der Waals surface area contributed by atoms with E-state index in [0.29, 0.717) is 5.56 Å². The van der Waals surface area contributed by atoms with Crippen LogP contribution in [0.25, 0.3) is 16.9 Å². The topological polar surface area (TPSA) is 55.1 Å². The molecule has 0 aliphatic rings. The van der Waals surface area contributed by atoms with Gasteiger partial charge in [0.2, 0.25) is 0 Å². The van der Waals surface area contributed by atoms with Gasteiger partial charge in [0, 0.05) is 5.56 Å². The number of nitrogens with zero attached hydrogens (tertiary/aromatic N) is 2. The standard InChI is InChI=1S/C19H15F3N2O2/c1-2-14-16(18(25)26)17(12-8-4-3-5-9-12)24(23-14)15-11-7-6-10-13(15)19(20,21)22/h3-11H,2H2,1H3,(H,25,26). The molecular weight excluding hydrogens is 345 g/mol. The van der Waals surface area contributed by atoms with Crippen molar-refractivity contribution in [3.63, 3.8) is 0 Å². The van der Waals surface area contributed by atoms with Crippen molar-refractivity contribution in [2.75, 3.05) is 0 Å². The van der Waals surface area contributed by atoms with Crippen molar-refractivity contribution in [3.05, 3.63) is 71.4 Å². The molecule has 0 radical (unpaired) electrons. The smallest absolute Gasteiger partial charge is 0.418 e. The monoisotopic (exact) mass is 360 g/mol. The van der Waals surface area contributed by atoms with Crippen LogP contribution in [-0.4, -0.2) is 20.9 Å². The first-order valence-electron chi connectivity index (χ1n) is 7.91. The van der Waals surface area contributed by atoms with Crippen LogP contribution in [-0.2, 0) is 12.6 Å². The number of halogens is 3. The summed E-state index contributed by atoms with van der Waals surface area (Å²) in [6.07, 6.45) is -4.31. The van der Waals surface area contributed by atoms with E-state index in [4.69, 9.17) is 0 Å². The van der Waals surface area contributed by atoms with Crippen LogP contribution < -0.4 is 0 Å². The van der Waals surface area contributed by atoms with E-state index in [1.807, 2.05) is 0 Å². The van der Waals surface area contributed by atoms with Crippen LogP contribution in [0, 0.1) is 0 Å². The number of aryl methyl sites for hydroxylation is 1. The van der Waals surface area contributed by atoms with Crippen LogP contribution in [0.1, 0.15) is 28.5 Å². The first-order valence-corrected chi connectivity index (χ1v) is 7.91. The molecule has 0 saturated carbocycles. The summed E-state index contributed by atoms with van der Waals surface area (Å²) in [5.41, 5.74) is -0.329. The van der Waals surface area contributed by atoms with Gasteiger partial charge in [0.1, 0.15) is 5.56 Å². The van der Waals surface area contributed by atoms with E-state index in [9.17, 15) is 23.1 Å². The number of carboxylic acid groups (broad SMARTS) is 1. The number of rotatable bonds is 4. The number of carboxylic acids is 1. The summed E-state index contributed by atoms with van der Waals surface area (Å²) in [5, 5.41) is 13.9. The normalized spacial score (nSPS) is 11.5. The van der Waals surface area contributed by atoms with E-state index in [0.717, 1.165) is 10.7 Å². The summed E-state index contributed by atoms with van der Waals surface area (Å²) in [4.78, 5) is 11.8. The molecule has 1 heterocycles. The van der Waals surface area contributed by atoms with Crippen LogP contribution >= 0.6 is 0 Å². The molecule has 0 fully saturated rings. The van der Waals surface area contributed by atoms with Gasteiger partial charge in [-0.3, -0.25) is 0 Å². The van der Waals surface area contributed by atoms with Gasteiger partial charge in [-0.2, -0.15) is 18.3 Å². The van der Waals surface area contributed by atoms with E-state index in [1.165, 1.54) is 18.2 Å². The van der Waals surface area contributed by atoms with Gasteiger partial charge in [-0.05, 0) is 18.6 Å². The van der Waals surface area contributed by atoms with E-state index in [1.54, 1.807) is 37.3 Å². The Bertz CT molecular complexity index is 947. The third-order valence-electron chi connectivity index (χ3n) is 3.99. The number of alkyl halides is 3. The molecule has 0 aliphatic carbocycles. The third kappa shape index (κ3) is 3.08. The van der Waals surface area contributed by atoms with E-state index in [2.05, 4.69) is 5.10 Å². The average molecular weight is 360 g/mol. The lowest BCUT2D eigenvalue weighted by Crippen LogP contribution is -2.12. The van der Waals surface area contributed by atoms with Crippen LogP contribution in [0.4, 0.5) is 13.2 Å². The van der Waals surface area contributed by atoms with Crippen molar-refractivity contribution in [3.8, 4) is 16.9 Å². The minimum absolute atomic E-state index is 0.0873. The lowest BCUT2D eigenvalue weighted by Gasteiger charge is -2.15. The fourth-order valence-electron chi connectivity index (χ4n) is 2.87. The molecule has 0 saturated heterocycles. The van der Waals surface area contributed by atoms with Gasteiger partial charge in [0.25, 0.3) is 0 Å². The van der Waals surface area contributed by atoms with Gasteiger partial charge >= 0.3 is 12.1 Å². The number of benzene rings is 2. The van der Waals surface area contributed by atoms with Gasteiger partial charge in [0.05, 0.1) is 22.6 Å². The minimum Gasteiger partial charge on any atom is -0.478 e. The number of para-hydroxylation sites is 1. The van der Waals surface area contributed by atoms with E-state index < -0.39 is 17.7 Å². The Morgan fingerprint density at radius 3 is 2.27 bits per heavy atom. The molecular formula is C19H15F3N2O2. The second-order valence-electron chi connectivity index (χ2n) is 5.62. The molecule has 0 atom stereocenters. The highest BCUT2D eigenvalue weighted by molar-refractivity contribution is 5.96. The molecule has 1 N–H and O–H groups in total. The average Bonchev–Trinajstić information content (AvgIpc) is 3.01. The Kier molecular flexibility index (Phi) is 4.54. The van der Waals surface area contributed by atoms with Crippen LogP contribution in [0.3, 0.4) is 0 Å². The summed E-state index contributed by atoms with van der Waals surface area (Å²) < 4.78 is 41.5. The second-order valence-corrected chi connectivity index (χ2v) is 5.62. The number of aromatic carboxylic acids is 1. The molecule has 0 amide bonds. The maximum atomic E-state index is 13.5. The largest absolute Gasteiger partial charge is 0.478 e. The van der Waals surface area contributed by atoms with Gasteiger partial charge in [-0.25, -0.2) is 9.48 Å². The van der Waals surface area contributed by atoms with Crippen LogP contribution in [0.5, 0.6) is 0 Å². The zero-order chi connectivity index (χ0) is 18.9. The van der Waals surface area contributed by atoms with Crippen molar-refractivity contribution in [2.24, 2.45) is 0 Å². The van der Waals surface area contributed by atoms with Gasteiger partial charge < -0.3 is 5.11 Å². The zero-order valence-electron chi connectivity index (χ0n) is 13.8. The summed E-state index contributed by atoms with van der Waals surface area (Å²) in [7, 11) is 0. The third-order valence-corrected chi connectivity index (χ3v) is 3.99. The number of hydrogen-bond donors (Lipinski definition) is 1. The Hall–Kier alpha value is -3.09. The predicted octanol–water partition coefficient (Wildman–Crippen LogP) is 4.82. The molecule has 0 spiro atoms. The van der Waals surface area contributed by atoms with Crippen LogP contribution in [0.2, 0.25) is 0 Å². The summed E-state index contributed by atoms with van der Waals surface area (Å²) in [6.45, 7) is 1.71. The van der Waals surface area contributed by atoms with Gasteiger partial charge in [-0.15, -0.1) is 0 Å². The molecule has 2 aromatic carbocycles. The molecule has 26 heavy (non-hydrogen) atoms. The predicted molar refractivity (Wildman–Crippen MR) is 90.3 cm³/mol. The van der Waals surface area contributed by atoms with Crippen molar-refractivity contribution in [2.45, 2.75) is 19.5 Å². The number of carbonyl (C=O) groups is 1. The minimum atomic E-state index is -4.59. The van der Waals surface area contributed by atoms with Crippen molar-refractivity contribution < 1.29 is 23.1 Å². The SMILES string of the molecule is CCc1nn(-c2ccccc2C(F)(F)F)c(-c2ccccc2)c1C(=O)O. The fourth-order valence-corrected chi connectivity index (χ4v) is 2.87. The maximum Gasteiger partial charge on any atom is 0.418 e. The summed E-state index contributed by atoms with van der Waals surface area (Å²) in [5.74, 6) is -1.23. The molecule has 1 aromatic heterocycles. The van der Waals surface area contributed by atoms with Crippen molar-refractivity contribution in [1.82, 2.24) is 9.78 Å². The summed E-state index contributed by atoms with van der Waals surface area (Å²) >= 11 is 0. The van der Waals surface area contributed by atoms with E-state index >= 15 is 0 Å². The quantitative estimate of drug-likeness (QED) is 0.726. The van der Waals surface area contributed by atoms with E-state index in [-0.39, 0.29) is 29.1 Å². The Morgan fingerprint density at radius 2 is 1.69 bits per heavy atom. The molecule has 7 heteroatoms. The lowest BCUT2D eigenvalue weighted by atomic mass is 10.0. The lowest BCUT2D eigenvalue weighted by molar-refractivity contribution is -0.137.